The van der Waals surface area contributed by atoms with Gasteiger partial charge in [-0.15, -0.1) is 0 Å². The molecule has 186 valence electrons. The number of hydrogen-bond donors (Lipinski definition) is 1. The third kappa shape index (κ3) is 7.21. The van der Waals surface area contributed by atoms with Crippen LogP contribution in [0.5, 0.6) is 5.75 Å². The second kappa shape index (κ2) is 12.4. The Morgan fingerprint density at radius 3 is 2.38 bits per heavy atom. The number of hydrogen-bond acceptors (Lipinski definition) is 5. The van der Waals surface area contributed by atoms with Gasteiger partial charge in [-0.2, -0.15) is 0 Å². The molecule has 1 atom stereocenters. The van der Waals surface area contributed by atoms with Gasteiger partial charge < -0.3 is 15.0 Å². The number of carbonyl (C=O) groups is 2. The molecule has 9 heteroatoms. The number of aryl methyl sites for hydroxylation is 1. The first-order chi connectivity index (χ1) is 16.1. The number of sulfonamides is 1. The minimum atomic E-state index is -3.75. The van der Waals surface area contributed by atoms with E-state index >= 15 is 0 Å². The quantitative estimate of drug-likeness (QED) is 0.494. The van der Waals surface area contributed by atoms with Crippen molar-refractivity contribution in [2.45, 2.75) is 46.2 Å². The lowest BCUT2D eigenvalue weighted by molar-refractivity contribution is -0.140. The van der Waals surface area contributed by atoms with Gasteiger partial charge in [0, 0.05) is 13.1 Å². The summed E-state index contributed by atoms with van der Waals surface area (Å²) in [7, 11) is -2.20. The lowest BCUT2D eigenvalue weighted by Crippen LogP contribution is -2.52. The molecule has 1 N–H and O–H groups in total. The van der Waals surface area contributed by atoms with Crippen LogP contribution >= 0.6 is 0 Å². The van der Waals surface area contributed by atoms with Crippen molar-refractivity contribution in [3.8, 4) is 5.75 Å². The van der Waals surface area contributed by atoms with E-state index in [0.29, 0.717) is 24.4 Å². The van der Waals surface area contributed by atoms with E-state index in [1.165, 1.54) is 4.90 Å². The zero-order valence-electron chi connectivity index (χ0n) is 20.6. The molecule has 2 rings (SSSR count). The first-order valence-electron chi connectivity index (χ1n) is 11.4. The lowest BCUT2D eigenvalue weighted by atomic mass is 10.1. The number of amides is 2. The maximum Gasteiger partial charge on any atom is 0.244 e. The third-order valence-corrected chi connectivity index (χ3v) is 6.61. The minimum Gasteiger partial charge on any atom is -0.497 e. The van der Waals surface area contributed by atoms with Crippen LogP contribution < -0.4 is 14.4 Å². The predicted octanol–water partition coefficient (Wildman–Crippen LogP) is 3.10. The van der Waals surface area contributed by atoms with Crippen molar-refractivity contribution in [2.75, 3.05) is 30.8 Å². The van der Waals surface area contributed by atoms with E-state index in [1.54, 1.807) is 50.4 Å². The number of para-hydroxylation sites is 1. The Morgan fingerprint density at radius 2 is 1.79 bits per heavy atom. The van der Waals surface area contributed by atoms with Crippen LogP contribution in [0.25, 0.3) is 0 Å². The van der Waals surface area contributed by atoms with Gasteiger partial charge in [0.25, 0.3) is 0 Å². The maximum atomic E-state index is 13.6. The Morgan fingerprint density at radius 1 is 1.09 bits per heavy atom. The topological polar surface area (TPSA) is 96.0 Å². The van der Waals surface area contributed by atoms with E-state index < -0.39 is 28.5 Å². The standard InChI is InChI=1S/C25H35N3O5S/c1-6-15-26-25(30)22(7-2)27(17-20-12-10-13-21(16-20)33-4)24(29)18-28(34(5,31)32)23-14-9-8-11-19(23)3/h8-14,16,22H,6-7,15,17-18H2,1-5H3,(H,26,30)/t22-/m1/s1. The smallest absolute Gasteiger partial charge is 0.244 e. The van der Waals surface area contributed by atoms with Crippen molar-refractivity contribution >= 4 is 27.5 Å². The molecule has 8 nitrogen and oxygen atoms in total. The molecule has 0 aliphatic rings. The van der Waals surface area contributed by atoms with Crippen LogP contribution in [0.1, 0.15) is 37.8 Å². The molecule has 0 heterocycles. The van der Waals surface area contributed by atoms with Gasteiger partial charge in [0.05, 0.1) is 19.1 Å². The summed E-state index contributed by atoms with van der Waals surface area (Å²) in [5.74, 6) is -0.0940. The fourth-order valence-corrected chi connectivity index (χ4v) is 4.60. The fraction of sp³-hybridized carbons (Fsp3) is 0.440. The second-order valence-corrected chi connectivity index (χ2v) is 10.1. The van der Waals surface area contributed by atoms with Crippen molar-refractivity contribution in [1.82, 2.24) is 10.2 Å². The van der Waals surface area contributed by atoms with Crippen molar-refractivity contribution in [3.63, 3.8) is 0 Å². The largest absolute Gasteiger partial charge is 0.497 e. The summed E-state index contributed by atoms with van der Waals surface area (Å²) in [4.78, 5) is 28.0. The average Bonchev–Trinajstić information content (AvgIpc) is 2.80. The molecule has 2 aromatic rings. The van der Waals surface area contributed by atoms with Crippen molar-refractivity contribution in [2.24, 2.45) is 0 Å². The zero-order chi connectivity index (χ0) is 25.3. The molecule has 0 radical (unpaired) electrons. The molecular weight excluding hydrogens is 454 g/mol. The van der Waals surface area contributed by atoms with Crippen molar-refractivity contribution < 1.29 is 22.7 Å². The summed E-state index contributed by atoms with van der Waals surface area (Å²) in [5.41, 5.74) is 1.94. The van der Waals surface area contributed by atoms with Gasteiger partial charge in [-0.3, -0.25) is 13.9 Å². The summed E-state index contributed by atoms with van der Waals surface area (Å²) >= 11 is 0. The van der Waals surface area contributed by atoms with Crippen LogP contribution in [0.15, 0.2) is 48.5 Å². The van der Waals surface area contributed by atoms with Crippen LogP contribution in [-0.2, 0) is 26.2 Å². The molecule has 2 amide bonds. The first-order valence-corrected chi connectivity index (χ1v) is 13.2. The Hall–Kier alpha value is -3.07. The number of carbonyl (C=O) groups excluding carboxylic acids is 2. The predicted molar refractivity (Wildman–Crippen MR) is 134 cm³/mol. The highest BCUT2D eigenvalue weighted by molar-refractivity contribution is 7.92. The van der Waals surface area contributed by atoms with E-state index in [1.807, 2.05) is 26.0 Å². The van der Waals surface area contributed by atoms with Gasteiger partial charge in [0.15, 0.2) is 0 Å². The van der Waals surface area contributed by atoms with Crippen molar-refractivity contribution in [1.29, 1.82) is 0 Å². The van der Waals surface area contributed by atoms with Gasteiger partial charge in [-0.1, -0.05) is 44.2 Å². The van der Waals surface area contributed by atoms with Gasteiger partial charge >= 0.3 is 0 Å². The van der Waals surface area contributed by atoms with E-state index in [0.717, 1.165) is 28.1 Å². The van der Waals surface area contributed by atoms with Crippen LogP contribution in [0.2, 0.25) is 0 Å². The molecule has 0 bridgehead atoms. The number of nitrogens with zero attached hydrogens (tertiary/aromatic N) is 2. The first kappa shape index (κ1) is 27.2. The molecule has 0 aliphatic heterocycles. The van der Waals surface area contributed by atoms with E-state index in [4.69, 9.17) is 4.74 Å². The highest BCUT2D eigenvalue weighted by atomic mass is 32.2. The highest BCUT2D eigenvalue weighted by Crippen LogP contribution is 2.23. The molecule has 0 spiro atoms. The Balaban J connectivity index is 2.45. The molecule has 0 fully saturated rings. The minimum absolute atomic E-state index is 0.138. The Kier molecular flexibility index (Phi) is 9.92. The highest BCUT2D eigenvalue weighted by Gasteiger charge is 2.32. The van der Waals surface area contributed by atoms with Crippen LogP contribution in [0.3, 0.4) is 0 Å². The Labute approximate surface area is 202 Å². The number of anilines is 1. The lowest BCUT2D eigenvalue weighted by Gasteiger charge is -2.33. The van der Waals surface area contributed by atoms with E-state index in [2.05, 4.69) is 5.32 Å². The molecule has 0 saturated heterocycles. The summed E-state index contributed by atoms with van der Waals surface area (Å²) < 4.78 is 31.7. The fourth-order valence-electron chi connectivity index (χ4n) is 3.69. The third-order valence-electron chi connectivity index (χ3n) is 5.49. The average molecular weight is 490 g/mol. The number of ether oxygens (including phenoxy) is 1. The molecular formula is C25H35N3O5S. The van der Waals surface area contributed by atoms with Gasteiger partial charge in [0.1, 0.15) is 18.3 Å². The van der Waals surface area contributed by atoms with Crippen LogP contribution in [-0.4, -0.2) is 57.6 Å². The Bertz CT molecular complexity index is 1090. The van der Waals surface area contributed by atoms with E-state index in [-0.39, 0.29) is 12.5 Å². The monoisotopic (exact) mass is 489 g/mol. The summed E-state index contributed by atoms with van der Waals surface area (Å²) in [6.45, 7) is 5.79. The molecule has 2 aromatic carbocycles. The maximum absolute atomic E-state index is 13.6. The van der Waals surface area contributed by atoms with Gasteiger partial charge in [-0.25, -0.2) is 8.42 Å². The van der Waals surface area contributed by atoms with Crippen molar-refractivity contribution in [3.05, 3.63) is 59.7 Å². The molecule has 0 saturated carbocycles. The summed E-state index contributed by atoms with van der Waals surface area (Å²) in [5, 5.41) is 2.86. The summed E-state index contributed by atoms with van der Waals surface area (Å²) in [6.07, 6.45) is 2.22. The number of methoxy groups -OCH3 is 1. The molecule has 0 aromatic heterocycles. The molecule has 0 unspecified atom stereocenters. The van der Waals surface area contributed by atoms with Crippen LogP contribution in [0, 0.1) is 6.92 Å². The zero-order valence-corrected chi connectivity index (χ0v) is 21.4. The molecule has 0 aliphatic carbocycles. The van der Waals surface area contributed by atoms with E-state index in [9.17, 15) is 18.0 Å². The van der Waals surface area contributed by atoms with Gasteiger partial charge in [-0.05, 0) is 49.1 Å². The second-order valence-electron chi connectivity index (χ2n) is 8.14. The number of benzene rings is 2. The number of nitrogens with one attached hydrogen (secondary N) is 1. The molecule has 34 heavy (non-hydrogen) atoms. The number of rotatable bonds is 12. The summed E-state index contributed by atoms with van der Waals surface area (Å²) in [6, 6.07) is 13.5. The normalized spacial score (nSPS) is 12.0. The van der Waals surface area contributed by atoms with Crippen LogP contribution in [0.4, 0.5) is 5.69 Å². The SMILES string of the molecule is CCCNC(=O)[C@@H](CC)N(Cc1cccc(OC)c1)C(=O)CN(c1ccccc1C)S(C)(=O)=O. The van der Waals surface area contributed by atoms with Gasteiger partial charge in [0.2, 0.25) is 21.8 Å².